The number of nitrogens with zero attached hydrogens (tertiary/aromatic N) is 1. The van der Waals surface area contributed by atoms with Gasteiger partial charge in [0.1, 0.15) is 5.75 Å². The average Bonchev–Trinajstić information content (AvgIpc) is 2.47. The molecule has 2 aromatic rings. The number of hydrogen-bond acceptors (Lipinski definition) is 4. The Labute approximate surface area is 120 Å². The quantitative estimate of drug-likeness (QED) is 0.626. The second-order valence-electron chi connectivity index (χ2n) is 4.74. The summed E-state index contributed by atoms with van der Waals surface area (Å²) >= 11 is 0. The van der Waals surface area contributed by atoms with Gasteiger partial charge in [0.25, 0.3) is 0 Å². The lowest BCUT2D eigenvalue weighted by Gasteiger charge is -2.18. The molecule has 0 aliphatic carbocycles. The van der Waals surface area contributed by atoms with Crippen molar-refractivity contribution >= 4 is 0 Å². The molecule has 0 amide bonds. The first-order valence-electron chi connectivity index (χ1n) is 6.83. The second-order valence-corrected chi connectivity index (χ2v) is 4.74. The Hall–Kier alpha value is -1.91. The monoisotopic (exact) mass is 271 g/mol. The van der Waals surface area contributed by atoms with Gasteiger partial charge in [0.2, 0.25) is 0 Å². The number of ether oxygens (including phenoxy) is 1. The Balaban J connectivity index is 2.20. The summed E-state index contributed by atoms with van der Waals surface area (Å²) in [5.41, 5.74) is 6.44. The van der Waals surface area contributed by atoms with Gasteiger partial charge in [-0.1, -0.05) is 24.3 Å². The van der Waals surface area contributed by atoms with E-state index in [1.165, 1.54) is 11.1 Å². The molecule has 1 aromatic heterocycles. The maximum Gasteiger partial charge on any atom is 0.137 e. The Morgan fingerprint density at radius 3 is 2.80 bits per heavy atom. The molecule has 0 aliphatic rings. The molecular weight excluding hydrogens is 250 g/mol. The van der Waals surface area contributed by atoms with Crippen molar-refractivity contribution in [3.05, 3.63) is 59.4 Å². The van der Waals surface area contributed by atoms with Crippen LogP contribution in [-0.4, -0.2) is 11.6 Å². The van der Waals surface area contributed by atoms with E-state index >= 15 is 0 Å². The summed E-state index contributed by atoms with van der Waals surface area (Å²) in [6.07, 6.45) is 4.36. The molecule has 4 nitrogen and oxygen atoms in total. The van der Waals surface area contributed by atoms with Crippen LogP contribution in [0.4, 0.5) is 0 Å². The van der Waals surface area contributed by atoms with Gasteiger partial charge >= 0.3 is 0 Å². The molecular formula is C16H21N3O. The van der Waals surface area contributed by atoms with E-state index in [1.807, 2.05) is 31.3 Å². The summed E-state index contributed by atoms with van der Waals surface area (Å²) in [7, 11) is 0. The van der Waals surface area contributed by atoms with Crippen molar-refractivity contribution in [2.75, 3.05) is 6.61 Å². The van der Waals surface area contributed by atoms with E-state index in [9.17, 15) is 0 Å². The Kier molecular flexibility index (Phi) is 5.09. The minimum atomic E-state index is 0.0176. The van der Waals surface area contributed by atoms with Crippen LogP contribution in [0.5, 0.6) is 5.75 Å². The summed E-state index contributed by atoms with van der Waals surface area (Å²) in [4.78, 5) is 4.22. The van der Waals surface area contributed by atoms with Crippen molar-refractivity contribution < 1.29 is 4.74 Å². The van der Waals surface area contributed by atoms with Crippen LogP contribution in [0.1, 0.15) is 29.7 Å². The van der Waals surface area contributed by atoms with Gasteiger partial charge in [-0.2, -0.15) is 0 Å². The smallest absolute Gasteiger partial charge is 0.137 e. The van der Waals surface area contributed by atoms with Crippen molar-refractivity contribution in [2.24, 2.45) is 5.84 Å². The number of pyridine rings is 1. The number of rotatable bonds is 6. The zero-order valence-electron chi connectivity index (χ0n) is 12.0. The first kappa shape index (κ1) is 14.5. The van der Waals surface area contributed by atoms with Crippen LogP contribution >= 0.6 is 0 Å². The minimum absolute atomic E-state index is 0.0176. The molecule has 0 bridgehead atoms. The highest BCUT2D eigenvalue weighted by Crippen LogP contribution is 2.22. The third-order valence-electron chi connectivity index (χ3n) is 3.33. The van der Waals surface area contributed by atoms with E-state index in [0.717, 1.165) is 17.7 Å². The Bertz CT molecular complexity index is 557. The molecule has 0 saturated heterocycles. The molecule has 1 unspecified atom stereocenters. The zero-order chi connectivity index (χ0) is 14.4. The highest BCUT2D eigenvalue weighted by atomic mass is 16.5. The summed E-state index contributed by atoms with van der Waals surface area (Å²) in [5, 5.41) is 0. The van der Waals surface area contributed by atoms with Crippen molar-refractivity contribution in [1.82, 2.24) is 10.4 Å². The summed E-state index contributed by atoms with van der Waals surface area (Å²) in [6.45, 7) is 4.69. The van der Waals surface area contributed by atoms with Crippen molar-refractivity contribution in [3.8, 4) is 5.75 Å². The van der Waals surface area contributed by atoms with Gasteiger partial charge in [-0.05, 0) is 43.0 Å². The van der Waals surface area contributed by atoms with Crippen molar-refractivity contribution in [2.45, 2.75) is 26.3 Å². The molecule has 106 valence electrons. The fourth-order valence-corrected chi connectivity index (χ4v) is 2.20. The molecule has 2 rings (SSSR count). The van der Waals surface area contributed by atoms with Crippen LogP contribution < -0.4 is 16.0 Å². The standard InChI is InChI=1S/C16H21N3O/c1-3-20-15-8-14(10-18-11-15)16(19-17)9-13-7-5-4-6-12(13)2/h4-8,10-11,16,19H,3,9,17H2,1-2H3. The van der Waals surface area contributed by atoms with Gasteiger partial charge in [-0.25, -0.2) is 0 Å². The van der Waals surface area contributed by atoms with Gasteiger partial charge < -0.3 is 4.74 Å². The maximum absolute atomic E-state index is 5.71. The minimum Gasteiger partial charge on any atom is -0.492 e. The molecule has 0 saturated carbocycles. The third kappa shape index (κ3) is 3.56. The van der Waals surface area contributed by atoms with E-state index < -0.39 is 0 Å². The number of aryl methyl sites for hydroxylation is 1. The van der Waals surface area contributed by atoms with Crippen LogP contribution in [0.2, 0.25) is 0 Å². The van der Waals surface area contributed by atoms with Gasteiger partial charge in [0.05, 0.1) is 18.8 Å². The van der Waals surface area contributed by atoms with E-state index in [1.54, 1.807) is 6.20 Å². The lowest BCUT2D eigenvalue weighted by atomic mass is 9.97. The van der Waals surface area contributed by atoms with Gasteiger partial charge in [0.15, 0.2) is 0 Å². The third-order valence-corrected chi connectivity index (χ3v) is 3.33. The van der Waals surface area contributed by atoms with E-state index in [-0.39, 0.29) is 6.04 Å². The summed E-state index contributed by atoms with van der Waals surface area (Å²) in [5.74, 6) is 6.48. The fraction of sp³-hybridized carbons (Fsp3) is 0.312. The number of hydrogen-bond donors (Lipinski definition) is 2. The average molecular weight is 271 g/mol. The molecule has 0 aliphatic heterocycles. The first-order chi connectivity index (χ1) is 9.74. The zero-order valence-corrected chi connectivity index (χ0v) is 12.0. The predicted octanol–water partition coefficient (Wildman–Crippen LogP) is 2.54. The van der Waals surface area contributed by atoms with Crippen LogP contribution in [-0.2, 0) is 6.42 Å². The molecule has 20 heavy (non-hydrogen) atoms. The summed E-state index contributed by atoms with van der Waals surface area (Å²) in [6, 6.07) is 10.3. The second kappa shape index (κ2) is 7.03. The Morgan fingerprint density at radius 1 is 1.30 bits per heavy atom. The van der Waals surface area contributed by atoms with E-state index in [4.69, 9.17) is 10.6 Å². The molecule has 0 fully saturated rings. The van der Waals surface area contributed by atoms with Crippen molar-refractivity contribution in [3.63, 3.8) is 0 Å². The topological polar surface area (TPSA) is 60.2 Å². The fourth-order valence-electron chi connectivity index (χ4n) is 2.20. The van der Waals surface area contributed by atoms with Crippen LogP contribution in [0.15, 0.2) is 42.7 Å². The highest BCUT2D eigenvalue weighted by molar-refractivity contribution is 5.31. The van der Waals surface area contributed by atoms with Crippen molar-refractivity contribution in [1.29, 1.82) is 0 Å². The van der Waals surface area contributed by atoms with Gasteiger partial charge in [-0.15, -0.1) is 0 Å². The highest BCUT2D eigenvalue weighted by Gasteiger charge is 2.13. The lowest BCUT2D eigenvalue weighted by molar-refractivity contribution is 0.338. The Morgan fingerprint density at radius 2 is 2.10 bits per heavy atom. The van der Waals surface area contributed by atoms with Crippen LogP contribution in [0.25, 0.3) is 0 Å². The number of aromatic nitrogens is 1. The maximum atomic E-state index is 5.71. The molecule has 4 heteroatoms. The summed E-state index contributed by atoms with van der Waals surface area (Å²) < 4.78 is 5.48. The molecule has 0 spiro atoms. The van der Waals surface area contributed by atoms with Gasteiger partial charge in [-0.3, -0.25) is 16.3 Å². The number of nitrogens with two attached hydrogens (primary N) is 1. The molecule has 1 atom stereocenters. The predicted molar refractivity (Wildman–Crippen MR) is 80.4 cm³/mol. The number of nitrogens with one attached hydrogen (secondary N) is 1. The molecule has 0 radical (unpaired) electrons. The van der Waals surface area contributed by atoms with Gasteiger partial charge in [0, 0.05) is 6.20 Å². The van der Waals surface area contributed by atoms with Crippen LogP contribution in [0, 0.1) is 6.92 Å². The number of hydrazine groups is 1. The SMILES string of the molecule is CCOc1cncc(C(Cc2ccccc2C)NN)c1. The molecule has 3 N–H and O–H groups in total. The molecule has 1 aromatic carbocycles. The van der Waals surface area contributed by atoms with E-state index in [2.05, 4.69) is 29.5 Å². The first-order valence-corrected chi connectivity index (χ1v) is 6.83. The number of benzene rings is 1. The largest absolute Gasteiger partial charge is 0.492 e. The van der Waals surface area contributed by atoms with E-state index in [0.29, 0.717) is 6.61 Å². The van der Waals surface area contributed by atoms with Crippen LogP contribution in [0.3, 0.4) is 0 Å². The molecule has 1 heterocycles. The normalized spacial score (nSPS) is 12.2. The lowest BCUT2D eigenvalue weighted by Crippen LogP contribution is -2.29.